The summed E-state index contributed by atoms with van der Waals surface area (Å²) in [5.74, 6) is 1.13. The lowest BCUT2D eigenvalue weighted by Crippen LogP contribution is -2.64. The van der Waals surface area contributed by atoms with Crippen LogP contribution < -0.4 is 4.74 Å². The number of thiazole rings is 1. The molecule has 2 unspecified atom stereocenters. The summed E-state index contributed by atoms with van der Waals surface area (Å²) in [6.45, 7) is 4.44. The molecule has 6 rings (SSSR count). The van der Waals surface area contributed by atoms with Gasteiger partial charge in [-0.05, 0) is 55.9 Å². The van der Waals surface area contributed by atoms with Crippen LogP contribution in [0.15, 0.2) is 36.7 Å². The fourth-order valence-electron chi connectivity index (χ4n) is 4.54. The summed E-state index contributed by atoms with van der Waals surface area (Å²) in [6.07, 6.45) is 5.34. The third-order valence-corrected chi connectivity index (χ3v) is 7.23. The van der Waals surface area contributed by atoms with E-state index < -0.39 is 0 Å². The van der Waals surface area contributed by atoms with E-state index >= 15 is 0 Å². The van der Waals surface area contributed by atoms with Gasteiger partial charge in [0.2, 0.25) is 0 Å². The molecule has 1 saturated carbocycles. The Morgan fingerprint density at radius 2 is 2.07 bits per heavy atom. The minimum atomic E-state index is -0.300. The largest absolute Gasteiger partial charge is 0.491 e. The third kappa shape index (κ3) is 3.27. The van der Waals surface area contributed by atoms with Crippen LogP contribution in [-0.2, 0) is 0 Å². The maximum absolute atomic E-state index is 13.7. The van der Waals surface area contributed by atoms with Gasteiger partial charge in [-0.15, -0.1) is 5.10 Å². The molecular formula is C21H22FN5O2S. The molecule has 2 bridgehead atoms. The molecule has 3 fully saturated rings. The van der Waals surface area contributed by atoms with Crippen molar-refractivity contribution in [3.63, 3.8) is 0 Å². The van der Waals surface area contributed by atoms with E-state index in [1.807, 2.05) is 11.8 Å². The lowest BCUT2D eigenvalue weighted by Gasteiger charge is -2.56. The molecule has 2 saturated heterocycles. The SMILES string of the molecule is Cc1nc(C(=O)N2C3CC(C3)C(C)C2COc2ccc(F)cc2)c(-n2ccnn2)s1. The molecule has 4 heterocycles. The standard InChI is InChI=1S/C21H22FN5O2S/c1-12-14-9-16(10-14)27(18(12)11-29-17-5-3-15(22)4-6-17)20(28)19-21(30-13(2)24-19)26-8-7-23-25-26/h3-8,12,14,16,18H,9-11H2,1-2H3. The zero-order valence-corrected chi connectivity index (χ0v) is 17.6. The fraction of sp³-hybridized carbons (Fsp3) is 0.429. The number of ether oxygens (including phenoxy) is 1. The van der Waals surface area contributed by atoms with Crippen molar-refractivity contribution in [2.75, 3.05) is 6.61 Å². The number of nitrogens with zero attached hydrogens (tertiary/aromatic N) is 5. The van der Waals surface area contributed by atoms with Gasteiger partial charge < -0.3 is 9.64 Å². The first-order valence-electron chi connectivity index (χ1n) is 10.1. The Hall–Kier alpha value is -2.81. The fourth-order valence-corrected chi connectivity index (χ4v) is 5.37. The number of fused-ring (bicyclic) bond motifs is 2. The zero-order chi connectivity index (χ0) is 20.8. The molecule has 2 aromatic heterocycles. The van der Waals surface area contributed by atoms with Crippen molar-refractivity contribution in [1.82, 2.24) is 24.9 Å². The van der Waals surface area contributed by atoms with Crippen LogP contribution in [0.3, 0.4) is 0 Å². The Kier molecular flexibility index (Phi) is 4.77. The Morgan fingerprint density at radius 3 is 2.77 bits per heavy atom. The molecule has 1 aliphatic carbocycles. The van der Waals surface area contributed by atoms with Gasteiger partial charge in [-0.2, -0.15) is 0 Å². The molecule has 7 nitrogen and oxygen atoms in total. The van der Waals surface area contributed by atoms with Crippen LogP contribution in [-0.4, -0.2) is 49.5 Å². The molecule has 3 aliphatic rings. The van der Waals surface area contributed by atoms with Crippen molar-refractivity contribution in [2.45, 2.75) is 38.8 Å². The molecule has 0 spiro atoms. The van der Waals surface area contributed by atoms with E-state index in [1.54, 1.807) is 29.2 Å². The summed E-state index contributed by atoms with van der Waals surface area (Å²) in [4.78, 5) is 20.2. The summed E-state index contributed by atoms with van der Waals surface area (Å²) in [5, 5.41) is 9.39. The molecule has 3 aromatic rings. The minimum Gasteiger partial charge on any atom is -0.491 e. The second kappa shape index (κ2) is 7.46. The van der Waals surface area contributed by atoms with Gasteiger partial charge in [0, 0.05) is 6.04 Å². The molecule has 2 aliphatic heterocycles. The van der Waals surface area contributed by atoms with Crippen LogP contribution in [0, 0.1) is 24.6 Å². The number of piperidine rings is 2. The second-order valence-electron chi connectivity index (χ2n) is 8.02. The van der Waals surface area contributed by atoms with Crippen LogP contribution in [0.2, 0.25) is 0 Å². The predicted octanol–water partition coefficient (Wildman–Crippen LogP) is 3.49. The van der Waals surface area contributed by atoms with Gasteiger partial charge in [0.25, 0.3) is 5.91 Å². The number of carbonyl (C=O) groups excluding carboxylic acids is 1. The Morgan fingerprint density at radius 1 is 1.30 bits per heavy atom. The quantitative estimate of drug-likeness (QED) is 0.623. The number of aromatic nitrogens is 4. The van der Waals surface area contributed by atoms with E-state index in [1.165, 1.54) is 23.5 Å². The molecule has 156 valence electrons. The summed E-state index contributed by atoms with van der Waals surface area (Å²) < 4.78 is 20.7. The van der Waals surface area contributed by atoms with Gasteiger partial charge >= 0.3 is 0 Å². The maximum atomic E-state index is 13.7. The number of hydrogen-bond acceptors (Lipinski definition) is 6. The first-order chi connectivity index (χ1) is 14.5. The van der Waals surface area contributed by atoms with Gasteiger partial charge in [-0.1, -0.05) is 23.5 Å². The van der Waals surface area contributed by atoms with E-state index in [4.69, 9.17) is 4.74 Å². The predicted molar refractivity (Wildman–Crippen MR) is 109 cm³/mol. The number of amides is 1. The van der Waals surface area contributed by atoms with Crippen molar-refractivity contribution >= 4 is 17.2 Å². The highest BCUT2D eigenvalue weighted by molar-refractivity contribution is 7.14. The van der Waals surface area contributed by atoms with Crippen LogP contribution in [0.5, 0.6) is 5.75 Å². The first kappa shape index (κ1) is 19.2. The molecule has 1 amide bonds. The van der Waals surface area contributed by atoms with Crippen molar-refractivity contribution in [1.29, 1.82) is 0 Å². The van der Waals surface area contributed by atoms with Gasteiger partial charge in [0.05, 0.1) is 23.4 Å². The van der Waals surface area contributed by atoms with Gasteiger partial charge in [0.15, 0.2) is 10.7 Å². The highest BCUT2D eigenvalue weighted by atomic mass is 32.1. The Bertz CT molecular complexity index is 1050. The van der Waals surface area contributed by atoms with Gasteiger partial charge in [-0.25, -0.2) is 14.1 Å². The number of hydrogen-bond donors (Lipinski definition) is 0. The van der Waals surface area contributed by atoms with E-state index in [-0.39, 0.29) is 23.8 Å². The lowest BCUT2D eigenvalue weighted by atomic mass is 9.64. The topological polar surface area (TPSA) is 73.1 Å². The van der Waals surface area contributed by atoms with Crippen LogP contribution in [0.1, 0.15) is 35.3 Å². The molecule has 2 atom stereocenters. The monoisotopic (exact) mass is 427 g/mol. The van der Waals surface area contributed by atoms with Crippen molar-refractivity contribution in [2.24, 2.45) is 11.8 Å². The summed E-state index contributed by atoms with van der Waals surface area (Å²) in [5.41, 5.74) is 0.410. The van der Waals surface area contributed by atoms with Crippen LogP contribution in [0.4, 0.5) is 4.39 Å². The second-order valence-corrected chi connectivity index (χ2v) is 9.21. The van der Waals surface area contributed by atoms with E-state index in [0.29, 0.717) is 34.9 Å². The highest BCUT2D eigenvalue weighted by Gasteiger charge is 2.51. The van der Waals surface area contributed by atoms with E-state index in [0.717, 1.165) is 17.8 Å². The molecule has 1 aromatic carbocycles. The zero-order valence-electron chi connectivity index (χ0n) is 16.7. The maximum Gasteiger partial charge on any atom is 0.276 e. The van der Waals surface area contributed by atoms with E-state index in [2.05, 4.69) is 22.2 Å². The summed E-state index contributed by atoms with van der Waals surface area (Å²) >= 11 is 1.43. The number of aryl methyl sites for hydroxylation is 1. The van der Waals surface area contributed by atoms with Crippen molar-refractivity contribution in [3.05, 3.63) is 53.2 Å². The number of rotatable bonds is 5. The molecular weight excluding hydrogens is 405 g/mol. The average molecular weight is 428 g/mol. The van der Waals surface area contributed by atoms with Gasteiger partial charge in [0.1, 0.15) is 18.2 Å². The third-order valence-electron chi connectivity index (χ3n) is 6.27. The summed E-state index contributed by atoms with van der Waals surface area (Å²) in [7, 11) is 0. The number of benzene rings is 1. The van der Waals surface area contributed by atoms with Gasteiger partial charge in [-0.3, -0.25) is 4.79 Å². The molecule has 0 N–H and O–H groups in total. The Balaban J connectivity index is 1.42. The first-order valence-corrected chi connectivity index (χ1v) is 10.9. The van der Waals surface area contributed by atoms with E-state index in [9.17, 15) is 9.18 Å². The lowest BCUT2D eigenvalue weighted by molar-refractivity contribution is -0.0672. The molecule has 9 heteroatoms. The van der Waals surface area contributed by atoms with Crippen molar-refractivity contribution < 1.29 is 13.9 Å². The minimum absolute atomic E-state index is 0.0642. The summed E-state index contributed by atoms with van der Waals surface area (Å²) in [6, 6.07) is 6.12. The normalized spacial score (nSPS) is 25.1. The number of halogens is 1. The van der Waals surface area contributed by atoms with Crippen LogP contribution in [0.25, 0.3) is 5.00 Å². The Labute approximate surface area is 177 Å². The molecule has 30 heavy (non-hydrogen) atoms. The smallest absolute Gasteiger partial charge is 0.276 e. The highest BCUT2D eigenvalue weighted by Crippen LogP contribution is 2.47. The average Bonchev–Trinajstić information content (AvgIpc) is 3.35. The number of carbonyl (C=O) groups is 1. The van der Waals surface area contributed by atoms with Crippen molar-refractivity contribution in [3.8, 4) is 10.8 Å². The molecule has 0 radical (unpaired) electrons. The van der Waals surface area contributed by atoms with Crippen LogP contribution >= 0.6 is 11.3 Å².